The molecule has 0 spiro atoms. The molecule has 0 aromatic heterocycles. The molecule has 0 amide bonds. The van der Waals surface area contributed by atoms with Crippen LogP contribution in [0.15, 0.2) is 29.2 Å². The van der Waals surface area contributed by atoms with E-state index >= 15 is 0 Å². The molecule has 0 aliphatic rings. The Labute approximate surface area is 131 Å². The molecule has 6 heteroatoms. The molecule has 1 aromatic rings. The highest BCUT2D eigenvalue weighted by molar-refractivity contribution is 7.85. The van der Waals surface area contributed by atoms with Crippen LogP contribution in [-0.4, -0.2) is 44.9 Å². The Bertz CT molecular complexity index is 452. The summed E-state index contributed by atoms with van der Waals surface area (Å²) in [5.41, 5.74) is 1.15. The minimum Gasteiger partial charge on any atom is -0.409 e. The lowest BCUT2D eigenvalue weighted by Gasteiger charge is -2.30. The second-order valence-corrected chi connectivity index (χ2v) is 11.9. The van der Waals surface area contributed by atoms with Crippen molar-refractivity contribution in [2.24, 2.45) is 0 Å². The largest absolute Gasteiger partial charge is 0.409 e. The summed E-state index contributed by atoms with van der Waals surface area (Å²) in [5.74, 6) is 0.361. The zero-order valence-corrected chi connectivity index (χ0v) is 15.5. The van der Waals surface area contributed by atoms with Crippen molar-refractivity contribution in [1.82, 2.24) is 0 Å². The highest BCUT2D eigenvalue weighted by Gasteiger charge is 2.30. The van der Waals surface area contributed by atoms with E-state index in [-0.39, 0.29) is 6.10 Å². The third kappa shape index (κ3) is 6.40. The number of hydrogen-bond acceptors (Lipinski definition) is 4. The second-order valence-electron chi connectivity index (χ2n) is 5.93. The zero-order chi connectivity index (χ0) is 16.0. The van der Waals surface area contributed by atoms with Crippen molar-refractivity contribution < 1.29 is 18.1 Å². The lowest BCUT2D eigenvalue weighted by molar-refractivity contribution is -0.152. The Morgan fingerprint density at radius 3 is 2.05 bits per heavy atom. The third-order valence-electron chi connectivity index (χ3n) is 2.87. The third-order valence-corrected chi connectivity index (χ3v) is 5.31. The fraction of sp³-hybridized carbons (Fsp3) is 0.600. The smallest absolute Gasteiger partial charge is 0.184 e. The molecule has 4 nitrogen and oxygen atoms in total. The van der Waals surface area contributed by atoms with Gasteiger partial charge in [-0.05, 0) is 38.7 Å². The zero-order valence-electron chi connectivity index (χ0n) is 13.7. The van der Waals surface area contributed by atoms with E-state index in [1.54, 1.807) is 14.2 Å². The van der Waals surface area contributed by atoms with E-state index in [4.69, 9.17) is 13.9 Å². The van der Waals surface area contributed by atoms with Crippen molar-refractivity contribution in [2.75, 3.05) is 20.0 Å². The Morgan fingerprint density at radius 1 is 1.10 bits per heavy atom. The van der Waals surface area contributed by atoms with Gasteiger partial charge in [-0.2, -0.15) is 0 Å². The first-order valence-electron chi connectivity index (χ1n) is 6.95. The van der Waals surface area contributed by atoms with Gasteiger partial charge in [-0.15, -0.1) is 0 Å². The molecule has 0 fully saturated rings. The van der Waals surface area contributed by atoms with Crippen LogP contribution in [-0.2, 0) is 24.7 Å². The predicted octanol–water partition coefficient (Wildman–Crippen LogP) is 2.94. The Morgan fingerprint density at radius 2 is 1.62 bits per heavy atom. The molecule has 1 aromatic carbocycles. The van der Waals surface area contributed by atoms with Gasteiger partial charge in [0, 0.05) is 19.1 Å². The van der Waals surface area contributed by atoms with Crippen LogP contribution in [0.25, 0.3) is 0 Å². The van der Waals surface area contributed by atoms with Gasteiger partial charge in [0.1, 0.15) is 6.10 Å². The molecule has 0 radical (unpaired) electrons. The van der Waals surface area contributed by atoms with E-state index < -0.39 is 25.4 Å². The molecule has 1 unspecified atom stereocenters. The summed E-state index contributed by atoms with van der Waals surface area (Å²) in [7, 11) is 0.216. The maximum Gasteiger partial charge on any atom is 0.184 e. The standard InChI is InChI=1S/C15H26O4SSi/c1-12-7-9-13(10-8-12)20(16)11-14(15(17-2)18-3)19-21(4,5)6/h7-10,14-15H,11H2,1-6H3/t14-,20?/m1/s1. The lowest BCUT2D eigenvalue weighted by Crippen LogP contribution is -2.43. The summed E-state index contributed by atoms with van der Waals surface area (Å²) in [6, 6.07) is 7.72. The van der Waals surface area contributed by atoms with Crippen LogP contribution in [0.5, 0.6) is 0 Å². The van der Waals surface area contributed by atoms with Gasteiger partial charge in [0.25, 0.3) is 0 Å². The monoisotopic (exact) mass is 330 g/mol. The van der Waals surface area contributed by atoms with Gasteiger partial charge in [0.15, 0.2) is 14.6 Å². The maximum absolute atomic E-state index is 12.5. The number of ether oxygens (including phenoxy) is 2. The van der Waals surface area contributed by atoms with Crippen LogP contribution in [0.2, 0.25) is 19.6 Å². The van der Waals surface area contributed by atoms with Gasteiger partial charge in [0.2, 0.25) is 0 Å². The average molecular weight is 331 g/mol. The van der Waals surface area contributed by atoms with E-state index in [2.05, 4.69) is 19.6 Å². The number of rotatable bonds is 8. The van der Waals surface area contributed by atoms with Crippen molar-refractivity contribution in [3.8, 4) is 0 Å². The molecule has 0 saturated carbocycles. The van der Waals surface area contributed by atoms with E-state index in [1.165, 1.54) is 0 Å². The topological polar surface area (TPSA) is 44.8 Å². The van der Waals surface area contributed by atoms with Crippen molar-refractivity contribution in [3.63, 3.8) is 0 Å². The summed E-state index contributed by atoms with van der Waals surface area (Å²) in [5, 5.41) is 0. The van der Waals surface area contributed by atoms with E-state index in [0.717, 1.165) is 10.5 Å². The summed E-state index contributed by atoms with van der Waals surface area (Å²) >= 11 is 0. The summed E-state index contributed by atoms with van der Waals surface area (Å²) in [4.78, 5) is 0.802. The molecule has 0 aliphatic carbocycles. The van der Waals surface area contributed by atoms with Gasteiger partial charge in [-0.25, -0.2) is 0 Å². The first-order chi connectivity index (χ1) is 9.76. The first kappa shape index (κ1) is 18.5. The first-order valence-corrected chi connectivity index (χ1v) is 11.7. The van der Waals surface area contributed by atoms with Crippen LogP contribution < -0.4 is 0 Å². The van der Waals surface area contributed by atoms with Crippen LogP contribution >= 0.6 is 0 Å². The Balaban J connectivity index is 2.84. The van der Waals surface area contributed by atoms with E-state index in [9.17, 15) is 4.21 Å². The summed E-state index contributed by atoms with van der Waals surface area (Å²) in [6.07, 6.45) is -0.847. The number of aryl methyl sites for hydroxylation is 1. The highest BCUT2D eigenvalue weighted by atomic mass is 32.2. The van der Waals surface area contributed by atoms with Gasteiger partial charge < -0.3 is 13.9 Å². The fourth-order valence-electron chi connectivity index (χ4n) is 1.96. The Kier molecular flexibility index (Phi) is 7.22. The normalized spacial score (nSPS) is 15.2. The molecule has 0 heterocycles. The lowest BCUT2D eigenvalue weighted by atomic mass is 10.2. The molecule has 0 aliphatic heterocycles. The average Bonchev–Trinajstić information content (AvgIpc) is 2.38. The minimum absolute atomic E-state index is 0.339. The molecule has 0 N–H and O–H groups in total. The van der Waals surface area contributed by atoms with Gasteiger partial charge in [-0.3, -0.25) is 4.21 Å². The quantitative estimate of drug-likeness (QED) is 0.543. The molecule has 0 saturated heterocycles. The van der Waals surface area contributed by atoms with Crippen LogP contribution in [0.1, 0.15) is 5.56 Å². The van der Waals surface area contributed by atoms with E-state index in [0.29, 0.717) is 5.75 Å². The van der Waals surface area contributed by atoms with Crippen molar-refractivity contribution in [1.29, 1.82) is 0 Å². The highest BCUT2D eigenvalue weighted by Crippen LogP contribution is 2.17. The van der Waals surface area contributed by atoms with Crippen molar-refractivity contribution in [2.45, 2.75) is 43.9 Å². The summed E-state index contributed by atoms with van der Waals surface area (Å²) < 4.78 is 29.2. The van der Waals surface area contributed by atoms with Crippen LogP contribution in [0, 0.1) is 6.92 Å². The minimum atomic E-state index is -1.79. The molecule has 21 heavy (non-hydrogen) atoms. The fourth-order valence-corrected chi connectivity index (χ4v) is 4.34. The number of benzene rings is 1. The maximum atomic E-state index is 12.5. The molecule has 2 atom stereocenters. The van der Waals surface area contributed by atoms with Crippen LogP contribution in [0.4, 0.5) is 0 Å². The van der Waals surface area contributed by atoms with Crippen molar-refractivity contribution >= 4 is 19.1 Å². The molecular formula is C15H26O4SSi. The number of hydrogen-bond donors (Lipinski definition) is 0. The second kappa shape index (κ2) is 8.19. The summed E-state index contributed by atoms with van der Waals surface area (Å²) in [6.45, 7) is 8.29. The molecule has 120 valence electrons. The molecule has 1 rings (SSSR count). The van der Waals surface area contributed by atoms with Crippen molar-refractivity contribution in [3.05, 3.63) is 29.8 Å². The number of methoxy groups -OCH3 is 2. The predicted molar refractivity (Wildman–Crippen MR) is 88.5 cm³/mol. The van der Waals surface area contributed by atoms with Gasteiger partial charge >= 0.3 is 0 Å². The van der Waals surface area contributed by atoms with Gasteiger partial charge in [-0.1, -0.05) is 17.7 Å². The van der Waals surface area contributed by atoms with Crippen LogP contribution in [0.3, 0.4) is 0 Å². The van der Waals surface area contributed by atoms with E-state index in [1.807, 2.05) is 31.2 Å². The van der Waals surface area contributed by atoms with Gasteiger partial charge in [0.05, 0.1) is 16.6 Å². The molecule has 0 bridgehead atoms. The SMILES string of the molecule is COC(OC)[C@@H](CS(=O)c1ccc(C)cc1)O[Si](C)(C)C. The Hall–Kier alpha value is -0.533. The molecular weight excluding hydrogens is 304 g/mol.